The predicted octanol–water partition coefficient (Wildman–Crippen LogP) is 0.367. The molecule has 1 fully saturated rings. The van der Waals surface area contributed by atoms with E-state index in [0.717, 1.165) is 0 Å². The van der Waals surface area contributed by atoms with Crippen LogP contribution in [-0.4, -0.2) is 35.2 Å². The zero-order valence-corrected chi connectivity index (χ0v) is 7.52. The predicted molar refractivity (Wildman–Crippen MR) is 44.0 cm³/mol. The number of hydrogen-bond acceptors (Lipinski definition) is 4. The lowest BCUT2D eigenvalue weighted by molar-refractivity contribution is -0.165. The molecule has 12 heavy (non-hydrogen) atoms. The minimum atomic E-state index is -1.25. The van der Waals surface area contributed by atoms with Gasteiger partial charge in [0.05, 0.1) is 6.61 Å². The first-order chi connectivity index (χ1) is 5.63. The number of aliphatic carboxylic acids is 1. The molecule has 0 unspecified atom stereocenters. The molecule has 68 valence electrons. The van der Waals surface area contributed by atoms with Crippen LogP contribution in [0.1, 0.15) is 6.92 Å². The van der Waals surface area contributed by atoms with Gasteiger partial charge in [-0.15, -0.1) is 0 Å². The van der Waals surface area contributed by atoms with Gasteiger partial charge in [0.15, 0.2) is 5.41 Å². The molecule has 0 aromatic carbocycles. The quantitative estimate of drug-likeness (QED) is 0.514. The summed E-state index contributed by atoms with van der Waals surface area (Å²) < 4.78 is 4.68. The number of rotatable bonds is 3. The van der Waals surface area contributed by atoms with E-state index in [-0.39, 0.29) is 6.61 Å². The maximum atomic E-state index is 11.2. The number of carboxylic acid groups (broad SMARTS) is 1. The van der Waals surface area contributed by atoms with Crippen molar-refractivity contribution in [3.05, 3.63) is 0 Å². The van der Waals surface area contributed by atoms with Gasteiger partial charge in [-0.2, -0.15) is 11.8 Å². The second-order valence-electron chi connectivity index (χ2n) is 2.60. The van der Waals surface area contributed by atoms with E-state index in [1.165, 1.54) is 11.8 Å². The van der Waals surface area contributed by atoms with Crippen molar-refractivity contribution in [3.63, 3.8) is 0 Å². The lowest BCUT2D eigenvalue weighted by atomic mass is 9.92. The number of ether oxygens (including phenoxy) is 1. The Bertz CT molecular complexity index is 209. The van der Waals surface area contributed by atoms with Gasteiger partial charge in [0.25, 0.3) is 0 Å². The van der Waals surface area contributed by atoms with Gasteiger partial charge in [0.2, 0.25) is 0 Å². The first-order valence-corrected chi connectivity index (χ1v) is 4.77. The molecule has 1 aliphatic rings. The number of thioether (sulfide) groups is 1. The number of esters is 1. The summed E-state index contributed by atoms with van der Waals surface area (Å²) in [6.45, 7) is 1.90. The molecular formula is C7H10O4S. The summed E-state index contributed by atoms with van der Waals surface area (Å²) in [5.41, 5.74) is -1.25. The Hall–Kier alpha value is -0.710. The molecule has 0 aliphatic carbocycles. The van der Waals surface area contributed by atoms with Gasteiger partial charge < -0.3 is 9.84 Å². The monoisotopic (exact) mass is 190 g/mol. The van der Waals surface area contributed by atoms with Gasteiger partial charge in [-0.25, -0.2) is 0 Å². The van der Waals surface area contributed by atoms with E-state index in [0.29, 0.717) is 11.5 Å². The minimum Gasteiger partial charge on any atom is -0.480 e. The van der Waals surface area contributed by atoms with Crippen molar-refractivity contribution >= 4 is 23.7 Å². The second kappa shape index (κ2) is 3.35. The third-order valence-electron chi connectivity index (χ3n) is 1.77. The maximum Gasteiger partial charge on any atom is 0.325 e. The highest BCUT2D eigenvalue weighted by atomic mass is 32.2. The summed E-state index contributed by atoms with van der Waals surface area (Å²) in [4.78, 5) is 21.9. The number of carbonyl (C=O) groups is 2. The molecule has 1 saturated heterocycles. The van der Waals surface area contributed by atoms with Crippen LogP contribution in [0.15, 0.2) is 0 Å². The SMILES string of the molecule is CCOC(=O)C1(C(=O)O)CSC1. The normalized spacial score (nSPS) is 19.4. The van der Waals surface area contributed by atoms with Crippen molar-refractivity contribution in [1.29, 1.82) is 0 Å². The lowest BCUT2D eigenvalue weighted by Crippen LogP contribution is -2.51. The van der Waals surface area contributed by atoms with E-state index in [4.69, 9.17) is 5.11 Å². The van der Waals surface area contributed by atoms with Crippen LogP contribution in [0.3, 0.4) is 0 Å². The molecule has 0 aromatic rings. The van der Waals surface area contributed by atoms with Gasteiger partial charge in [-0.05, 0) is 6.92 Å². The summed E-state index contributed by atoms with van der Waals surface area (Å²) >= 11 is 1.44. The molecule has 1 aliphatic heterocycles. The van der Waals surface area contributed by atoms with Crippen molar-refractivity contribution in [2.75, 3.05) is 18.1 Å². The Labute approximate surface area is 74.3 Å². The summed E-state index contributed by atoms with van der Waals surface area (Å²) in [7, 11) is 0. The standard InChI is InChI=1S/C7H10O4S/c1-2-11-6(10)7(5(8)9)3-12-4-7/h2-4H2,1H3,(H,8,9). The van der Waals surface area contributed by atoms with Crippen LogP contribution >= 0.6 is 11.8 Å². The van der Waals surface area contributed by atoms with Crippen LogP contribution in [0.5, 0.6) is 0 Å². The summed E-state index contributed by atoms with van der Waals surface area (Å²) in [5, 5.41) is 8.77. The summed E-state index contributed by atoms with van der Waals surface area (Å²) in [6.07, 6.45) is 0. The second-order valence-corrected chi connectivity index (χ2v) is 3.59. The van der Waals surface area contributed by atoms with Crippen LogP contribution in [-0.2, 0) is 14.3 Å². The zero-order chi connectivity index (χ0) is 9.19. The van der Waals surface area contributed by atoms with Crippen LogP contribution in [0.2, 0.25) is 0 Å². The van der Waals surface area contributed by atoms with Crippen LogP contribution in [0.4, 0.5) is 0 Å². The molecule has 0 amide bonds. The molecule has 5 heteroatoms. The van der Waals surface area contributed by atoms with Gasteiger partial charge in [0.1, 0.15) is 0 Å². The molecule has 1 heterocycles. The van der Waals surface area contributed by atoms with Crippen molar-refractivity contribution in [2.45, 2.75) is 6.92 Å². The molecule has 0 bridgehead atoms. The van der Waals surface area contributed by atoms with Gasteiger partial charge in [-0.3, -0.25) is 9.59 Å². The first kappa shape index (κ1) is 9.38. The molecule has 1 rings (SSSR count). The molecule has 1 N–H and O–H groups in total. The Morgan fingerprint density at radius 3 is 2.42 bits per heavy atom. The Balaban J connectivity index is 2.67. The lowest BCUT2D eigenvalue weighted by Gasteiger charge is -2.33. The fraction of sp³-hybridized carbons (Fsp3) is 0.714. The van der Waals surface area contributed by atoms with Crippen LogP contribution < -0.4 is 0 Å². The molecular weight excluding hydrogens is 180 g/mol. The number of carboxylic acids is 1. The molecule has 0 aromatic heterocycles. The van der Waals surface area contributed by atoms with Gasteiger partial charge in [-0.1, -0.05) is 0 Å². The summed E-state index contributed by atoms with van der Waals surface area (Å²) in [6, 6.07) is 0. The highest BCUT2D eigenvalue weighted by Gasteiger charge is 2.53. The zero-order valence-electron chi connectivity index (χ0n) is 6.70. The van der Waals surface area contributed by atoms with Crippen LogP contribution in [0.25, 0.3) is 0 Å². The van der Waals surface area contributed by atoms with Crippen LogP contribution in [0, 0.1) is 5.41 Å². The smallest absolute Gasteiger partial charge is 0.325 e. The highest BCUT2D eigenvalue weighted by molar-refractivity contribution is 8.00. The van der Waals surface area contributed by atoms with Crippen molar-refractivity contribution in [3.8, 4) is 0 Å². The van der Waals surface area contributed by atoms with Gasteiger partial charge in [0, 0.05) is 11.5 Å². The third kappa shape index (κ3) is 1.29. The van der Waals surface area contributed by atoms with E-state index < -0.39 is 17.4 Å². The Kier molecular flexibility index (Phi) is 2.62. The largest absolute Gasteiger partial charge is 0.480 e. The first-order valence-electron chi connectivity index (χ1n) is 3.62. The molecule has 0 spiro atoms. The number of carbonyl (C=O) groups excluding carboxylic acids is 1. The summed E-state index contributed by atoms with van der Waals surface area (Å²) in [5.74, 6) is -1.00. The van der Waals surface area contributed by atoms with E-state index in [1.807, 2.05) is 0 Å². The Morgan fingerprint density at radius 2 is 2.17 bits per heavy atom. The average molecular weight is 190 g/mol. The van der Waals surface area contributed by atoms with E-state index in [1.54, 1.807) is 6.92 Å². The minimum absolute atomic E-state index is 0.235. The topological polar surface area (TPSA) is 63.6 Å². The van der Waals surface area contributed by atoms with Crippen molar-refractivity contribution in [2.24, 2.45) is 5.41 Å². The highest BCUT2D eigenvalue weighted by Crippen LogP contribution is 2.39. The third-order valence-corrected chi connectivity index (χ3v) is 3.17. The van der Waals surface area contributed by atoms with Crippen molar-refractivity contribution < 1.29 is 19.4 Å². The van der Waals surface area contributed by atoms with Gasteiger partial charge >= 0.3 is 11.9 Å². The maximum absolute atomic E-state index is 11.2. The average Bonchev–Trinajstić information content (AvgIpc) is 1.83. The molecule has 0 saturated carbocycles. The fourth-order valence-corrected chi connectivity index (χ4v) is 2.00. The van der Waals surface area contributed by atoms with E-state index in [2.05, 4.69) is 4.74 Å². The van der Waals surface area contributed by atoms with Crippen molar-refractivity contribution in [1.82, 2.24) is 0 Å². The van der Waals surface area contributed by atoms with E-state index in [9.17, 15) is 9.59 Å². The fourth-order valence-electron chi connectivity index (χ4n) is 0.904. The molecule has 0 atom stereocenters. The van der Waals surface area contributed by atoms with E-state index >= 15 is 0 Å². The number of hydrogen-bond donors (Lipinski definition) is 1. The molecule has 4 nitrogen and oxygen atoms in total. The molecule has 0 radical (unpaired) electrons. The Morgan fingerprint density at radius 1 is 1.58 bits per heavy atom.